The molecule has 2 N–H and O–H groups in total. The summed E-state index contributed by atoms with van der Waals surface area (Å²) >= 11 is 3.50. The summed E-state index contributed by atoms with van der Waals surface area (Å²) in [6.07, 6.45) is 0.858. The number of benzene rings is 1. The third-order valence-electron chi connectivity index (χ3n) is 2.60. The molecule has 0 radical (unpaired) electrons. The molecule has 1 aromatic carbocycles. The standard InChI is InChI=1S/C14H22BrNO3/c1-11(16)13-5-4-12(10-14(13)15)19-7-3-6-18-9-8-17-2/h4-5,10-11H,3,6-9,16H2,1-2H3/t11-/m0/s1. The first-order valence-corrected chi connectivity index (χ1v) is 7.19. The zero-order valence-corrected chi connectivity index (χ0v) is 13.1. The second kappa shape index (κ2) is 9.31. The molecular weight excluding hydrogens is 310 g/mol. The SMILES string of the molecule is COCCOCCCOc1ccc([C@H](C)N)c(Br)c1. The quantitative estimate of drug-likeness (QED) is 0.707. The van der Waals surface area contributed by atoms with Gasteiger partial charge < -0.3 is 19.9 Å². The van der Waals surface area contributed by atoms with Gasteiger partial charge >= 0.3 is 0 Å². The van der Waals surface area contributed by atoms with Crippen molar-refractivity contribution in [3.63, 3.8) is 0 Å². The number of hydrogen-bond donors (Lipinski definition) is 1. The van der Waals surface area contributed by atoms with Crippen LogP contribution in [0.2, 0.25) is 0 Å². The third-order valence-corrected chi connectivity index (χ3v) is 3.28. The highest BCUT2D eigenvalue weighted by Gasteiger charge is 2.06. The Balaban J connectivity index is 2.25. The van der Waals surface area contributed by atoms with Crippen molar-refractivity contribution in [3.05, 3.63) is 28.2 Å². The Bertz CT molecular complexity index is 372. The topological polar surface area (TPSA) is 53.7 Å². The Morgan fingerprint density at radius 3 is 2.63 bits per heavy atom. The first kappa shape index (κ1) is 16.4. The second-order valence-electron chi connectivity index (χ2n) is 4.28. The van der Waals surface area contributed by atoms with E-state index in [9.17, 15) is 0 Å². The summed E-state index contributed by atoms with van der Waals surface area (Å²) in [6.45, 7) is 4.54. The smallest absolute Gasteiger partial charge is 0.120 e. The van der Waals surface area contributed by atoms with Crippen LogP contribution in [0.3, 0.4) is 0 Å². The van der Waals surface area contributed by atoms with E-state index in [-0.39, 0.29) is 6.04 Å². The monoisotopic (exact) mass is 331 g/mol. The fourth-order valence-electron chi connectivity index (χ4n) is 1.56. The van der Waals surface area contributed by atoms with Crippen molar-refractivity contribution < 1.29 is 14.2 Å². The van der Waals surface area contributed by atoms with Gasteiger partial charge in [-0.1, -0.05) is 22.0 Å². The van der Waals surface area contributed by atoms with Crippen molar-refractivity contribution in [2.45, 2.75) is 19.4 Å². The van der Waals surface area contributed by atoms with Crippen LogP contribution in [0.5, 0.6) is 5.75 Å². The molecule has 4 nitrogen and oxygen atoms in total. The molecule has 19 heavy (non-hydrogen) atoms. The van der Waals surface area contributed by atoms with E-state index in [0.717, 1.165) is 22.2 Å². The van der Waals surface area contributed by atoms with E-state index in [1.807, 2.05) is 25.1 Å². The molecule has 0 aromatic heterocycles. The van der Waals surface area contributed by atoms with Crippen LogP contribution in [0.15, 0.2) is 22.7 Å². The van der Waals surface area contributed by atoms with Crippen molar-refractivity contribution in [2.24, 2.45) is 5.73 Å². The number of methoxy groups -OCH3 is 1. The third kappa shape index (κ3) is 6.38. The van der Waals surface area contributed by atoms with Gasteiger partial charge in [0.2, 0.25) is 0 Å². The van der Waals surface area contributed by atoms with E-state index in [1.165, 1.54) is 0 Å². The summed E-state index contributed by atoms with van der Waals surface area (Å²) in [7, 11) is 1.66. The molecule has 0 fully saturated rings. The molecule has 0 saturated carbocycles. The van der Waals surface area contributed by atoms with Gasteiger partial charge in [-0.25, -0.2) is 0 Å². The fourth-order valence-corrected chi connectivity index (χ4v) is 2.28. The second-order valence-corrected chi connectivity index (χ2v) is 5.13. The van der Waals surface area contributed by atoms with Gasteiger partial charge in [0.1, 0.15) is 5.75 Å². The molecule has 0 amide bonds. The summed E-state index contributed by atoms with van der Waals surface area (Å²) in [5, 5.41) is 0. The van der Waals surface area contributed by atoms with Crippen LogP contribution in [0.4, 0.5) is 0 Å². The molecule has 5 heteroatoms. The minimum Gasteiger partial charge on any atom is -0.493 e. The van der Waals surface area contributed by atoms with Crippen LogP contribution in [0.1, 0.15) is 24.9 Å². The molecule has 0 aliphatic carbocycles. The summed E-state index contributed by atoms with van der Waals surface area (Å²) in [5.74, 6) is 0.841. The normalized spacial score (nSPS) is 12.4. The number of hydrogen-bond acceptors (Lipinski definition) is 4. The molecule has 0 unspecified atom stereocenters. The number of rotatable bonds is 9. The summed E-state index contributed by atoms with van der Waals surface area (Å²) in [6, 6.07) is 5.89. The lowest BCUT2D eigenvalue weighted by atomic mass is 10.1. The predicted molar refractivity (Wildman–Crippen MR) is 79.6 cm³/mol. The van der Waals surface area contributed by atoms with Gasteiger partial charge in [-0.05, 0) is 24.6 Å². The van der Waals surface area contributed by atoms with E-state index in [1.54, 1.807) is 7.11 Å². The molecule has 0 spiro atoms. The lowest BCUT2D eigenvalue weighted by Crippen LogP contribution is -2.08. The average Bonchev–Trinajstić information content (AvgIpc) is 2.37. The highest BCUT2D eigenvalue weighted by Crippen LogP contribution is 2.26. The van der Waals surface area contributed by atoms with Crippen molar-refractivity contribution in [1.29, 1.82) is 0 Å². The average molecular weight is 332 g/mol. The highest BCUT2D eigenvalue weighted by molar-refractivity contribution is 9.10. The molecule has 0 bridgehead atoms. The Labute approximate surface area is 123 Å². The molecule has 0 saturated heterocycles. The van der Waals surface area contributed by atoms with Crippen LogP contribution < -0.4 is 10.5 Å². The van der Waals surface area contributed by atoms with Crippen LogP contribution in [0.25, 0.3) is 0 Å². The van der Waals surface area contributed by atoms with Gasteiger partial charge in [0.15, 0.2) is 0 Å². The van der Waals surface area contributed by atoms with Crippen LogP contribution in [0, 0.1) is 0 Å². The van der Waals surface area contributed by atoms with E-state index < -0.39 is 0 Å². The van der Waals surface area contributed by atoms with Gasteiger partial charge in [-0.3, -0.25) is 0 Å². The lowest BCUT2D eigenvalue weighted by Gasteiger charge is -2.11. The zero-order chi connectivity index (χ0) is 14.1. The molecule has 108 valence electrons. The van der Waals surface area contributed by atoms with Crippen molar-refractivity contribution in [3.8, 4) is 5.75 Å². The van der Waals surface area contributed by atoms with E-state index in [0.29, 0.717) is 26.4 Å². The maximum atomic E-state index is 5.85. The maximum Gasteiger partial charge on any atom is 0.120 e. The Kier molecular flexibility index (Phi) is 8.05. The predicted octanol–water partition coefficient (Wildman–Crippen LogP) is 2.90. The highest BCUT2D eigenvalue weighted by atomic mass is 79.9. The Hall–Kier alpha value is -0.620. The van der Waals surface area contributed by atoms with Crippen molar-refractivity contribution >= 4 is 15.9 Å². The van der Waals surface area contributed by atoms with Crippen LogP contribution in [-0.2, 0) is 9.47 Å². The van der Waals surface area contributed by atoms with E-state index in [2.05, 4.69) is 15.9 Å². The fraction of sp³-hybridized carbons (Fsp3) is 0.571. The number of nitrogens with two attached hydrogens (primary N) is 1. The molecule has 0 heterocycles. The molecular formula is C14H22BrNO3. The van der Waals surface area contributed by atoms with Gasteiger partial charge in [0, 0.05) is 30.7 Å². The maximum absolute atomic E-state index is 5.85. The molecule has 1 aromatic rings. The van der Waals surface area contributed by atoms with Gasteiger partial charge in [0.05, 0.1) is 19.8 Å². The molecule has 1 atom stereocenters. The van der Waals surface area contributed by atoms with Crippen LogP contribution in [-0.4, -0.2) is 33.5 Å². The summed E-state index contributed by atoms with van der Waals surface area (Å²) in [5.41, 5.74) is 6.93. The Morgan fingerprint density at radius 1 is 1.21 bits per heavy atom. The minimum atomic E-state index is 0.0117. The van der Waals surface area contributed by atoms with E-state index >= 15 is 0 Å². The lowest BCUT2D eigenvalue weighted by molar-refractivity contribution is 0.0644. The van der Waals surface area contributed by atoms with Gasteiger partial charge in [-0.2, -0.15) is 0 Å². The summed E-state index contributed by atoms with van der Waals surface area (Å²) < 4.78 is 16.9. The zero-order valence-electron chi connectivity index (χ0n) is 11.5. The van der Waals surface area contributed by atoms with E-state index in [4.69, 9.17) is 19.9 Å². The minimum absolute atomic E-state index is 0.0117. The van der Waals surface area contributed by atoms with Gasteiger partial charge in [0.25, 0.3) is 0 Å². The molecule has 0 aliphatic rings. The largest absolute Gasteiger partial charge is 0.493 e. The molecule has 0 aliphatic heterocycles. The first-order valence-electron chi connectivity index (χ1n) is 6.39. The Morgan fingerprint density at radius 2 is 2.00 bits per heavy atom. The number of ether oxygens (including phenoxy) is 3. The van der Waals surface area contributed by atoms with Crippen molar-refractivity contribution in [2.75, 3.05) is 33.5 Å². The van der Waals surface area contributed by atoms with Crippen LogP contribution >= 0.6 is 15.9 Å². The number of halogens is 1. The summed E-state index contributed by atoms with van der Waals surface area (Å²) in [4.78, 5) is 0. The van der Waals surface area contributed by atoms with Crippen molar-refractivity contribution in [1.82, 2.24) is 0 Å². The van der Waals surface area contributed by atoms with Gasteiger partial charge in [-0.15, -0.1) is 0 Å². The first-order chi connectivity index (χ1) is 9.15. The molecule has 1 rings (SSSR count).